The molecule has 7 nitrogen and oxygen atoms in total. The van der Waals surface area contributed by atoms with Crippen molar-refractivity contribution in [3.05, 3.63) is 103 Å². The van der Waals surface area contributed by atoms with Crippen LogP contribution in [0.15, 0.2) is 107 Å². The number of benzene rings is 4. The molecule has 0 aliphatic carbocycles. The number of hydrogen-bond acceptors (Lipinski definition) is 6. The molecule has 0 radical (unpaired) electrons. The van der Waals surface area contributed by atoms with Crippen LogP contribution >= 0.6 is 12.2 Å². The number of rotatable bonds is 7. The summed E-state index contributed by atoms with van der Waals surface area (Å²) in [5, 5.41) is 0.409. The van der Waals surface area contributed by atoms with Gasteiger partial charge in [0, 0.05) is 0 Å². The van der Waals surface area contributed by atoms with Gasteiger partial charge in [0.05, 0.1) is 44.1 Å². The van der Waals surface area contributed by atoms with Crippen LogP contribution in [0.4, 0.5) is 27.1 Å². The summed E-state index contributed by atoms with van der Waals surface area (Å²) in [6.07, 6.45) is 0. The molecule has 0 amide bonds. The van der Waals surface area contributed by atoms with Gasteiger partial charge in [0.2, 0.25) is 0 Å². The van der Waals surface area contributed by atoms with E-state index in [0.29, 0.717) is 51.1 Å². The second-order valence-corrected chi connectivity index (χ2v) is 8.76. The molecular formula is C30H25FN4O3S. The van der Waals surface area contributed by atoms with Crippen molar-refractivity contribution >= 4 is 51.8 Å². The molecule has 9 heteroatoms. The summed E-state index contributed by atoms with van der Waals surface area (Å²) in [7, 11) is 4.84. The van der Waals surface area contributed by atoms with Crippen molar-refractivity contribution in [2.75, 3.05) is 31.1 Å². The van der Waals surface area contributed by atoms with Crippen molar-refractivity contribution < 1.29 is 18.6 Å². The van der Waals surface area contributed by atoms with Gasteiger partial charge in [-0.15, -0.1) is 0 Å². The van der Waals surface area contributed by atoms with Crippen molar-refractivity contribution in [1.29, 1.82) is 0 Å². The van der Waals surface area contributed by atoms with Gasteiger partial charge in [-0.2, -0.15) is 0 Å². The third kappa shape index (κ3) is 5.44. The first kappa shape index (κ1) is 25.9. The Labute approximate surface area is 231 Å². The zero-order valence-electron chi connectivity index (χ0n) is 21.5. The van der Waals surface area contributed by atoms with Gasteiger partial charge in [0.1, 0.15) is 23.1 Å². The molecular weight excluding hydrogens is 515 g/mol. The predicted molar refractivity (Wildman–Crippen MR) is 157 cm³/mol. The summed E-state index contributed by atoms with van der Waals surface area (Å²) in [6, 6.07) is 28.3. The maximum Gasteiger partial charge on any atom is 0.192 e. The number of aliphatic imine (C=N–C) groups is 2. The Morgan fingerprint density at radius 1 is 0.538 bits per heavy atom. The average Bonchev–Trinajstić information content (AvgIpc) is 3.24. The minimum Gasteiger partial charge on any atom is -0.497 e. The van der Waals surface area contributed by atoms with E-state index in [1.807, 2.05) is 77.7 Å². The fourth-order valence-corrected chi connectivity index (χ4v) is 4.41. The van der Waals surface area contributed by atoms with E-state index in [1.165, 1.54) is 12.1 Å². The maximum atomic E-state index is 13.9. The Bertz CT molecular complexity index is 1520. The number of hydrogen-bond donors (Lipinski definition) is 0. The lowest BCUT2D eigenvalue weighted by Crippen LogP contribution is -2.33. The van der Waals surface area contributed by atoms with Crippen molar-refractivity contribution in [1.82, 2.24) is 0 Å². The third-order valence-corrected chi connectivity index (χ3v) is 6.40. The molecule has 1 fully saturated rings. The fraction of sp³-hybridized carbons (Fsp3) is 0.100. The van der Waals surface area contributed by atoms with Gasteiger partial charge < -0.3 is 14.2 Å². The molecule has 0 atom stereocenters. The molecule has 1 saturated heterocycles. The smallest absolute Gasteiger partial charge is 0.192 e. The van der Waals surface area contributed by atoms with Gasteiger partial charge in [-0.1, -0.05) is 0 Å². The molecule has 39 heavy (non-hydrogen) atoms. The van der Waals surface area contributed by atoms with Crippen LogP contribution in [0.3, 0.4) is 0 Å². The highest BCUT2D eigenvalue weighted by molar-refractivity contribution is 7.81. The number of ether oxygens (including phenoxy) is 3. The van der Waals surface area contributed by atoms with E-state index >= 15 is 0 Å². The number of thiocarbonyl (C=S) groups is 1. The molecule has 1 aliphatic rings. The van der Waals surface area contributed by atoms with Crippen LogP contribution in [0.1, 0.15) is 0 Å². The van der Waals surface area contributed by atoms with Gasteiger partial charge in [-0.05, 0) is 109 Å². The standard InChI is InChI=1S/C30H25FN4O3S/c1-36-25-14-6-21(7-15-25)32-28-29(33-22-8-16-26(37-2)17-9-22)35(24-12-18-27(38-3)19-13-24)30(39)34(28)23-10-4-20(31)5-11-23/h4-19H,1-3H3. The minimum atomic E-state index is -0.350. The first-order valence-corrected chi connectivity index (χ1v) is 12.4. The van der Waals surface area contributed by atoms with Crippen LogP contribution in [-0.4, -0.2) is 38.1 Å². The molecule has 4 aromatic rings. The highest BCUT2D eigenvalue weighted by Crippen LogP contribution is 2.33. The van der Waals surface area contributed by atoms with Crippen LogP contribution < -0.4 is 24.0 Å². The van der Waals surface area contributed by atoms with Gasteiger partial charge >= 0.3 is 0 Å². The molecule has 0 unspecified atom stereocenters. The van der Waals surface area contributed by atoms with Crippen molar-refractivity contribution in [3.8, 4) is 17.2 Å². The summed E-state index contributed by atoms with van der Waals surface area (Å²) in [4.78, 5) is 13.6. The summed E-state index contributed by atoms with van der Waals surface area (Å²) in [5.41, 5.74) is 2.75. The molecule has 1 aliphatic heterocycles. The fourth-order valence-electron chi connectivity index (χ4n) is 4.03. The number of amidine groups is 2. The Hall–Kier alpha value is -4.76. The average molecular weight is 541 g/mol. The monoisotopic (exact) mass is 540 g/mol. The number of methoxy groups -OCH3 is 3. The summed E-state index contributed by atoms with van der Waals surface area (Å²) < 4.78 is 29.8. The van der Waals surface area contributed by atoms with Crippen LogP contribution in [0.5, 0.6) is 17.2 Å². The molecule has 4 aromatic carbocycles. The minimum absolute atomic E-state index is 0.350. The highest BCUT2D eigenvalue weighted by atomic mass is 32.1. The molecule has 0 aromatic heterocycles. The third-order valence-electron chi connectivity index (χ3n) is 6.04. The Kier molecular flexibility index (Phi) is 7.51. The largest absolute Gasteiger partial charge is 0.497 e. The first-order chi connectivity index (χ1) is 19.0. The highest BCUT2D eigenvalue weighted by Gasteiger charge is 2.40. The predicted octanol–water partition coefficient (Wildman–Crippen LogP) is 6.92. The van der Waals surface area contributed by atoms with E-state index in [9.17, 15) is 4.39 Å². The Morgan fingerprint density at radius 2 is 0.872 bits per heavy atom. The van der Waals surface area contributed by atoms with E-state index in [-0.39, 0.29) is 5.82 Å². The normalized spacial score (nSPS) is 15.2. The van der Waals surface area contributed by atoms with Crippen molar-refractivity contribution in [2.45, 2.75) is 0 Å². The Balaban J connectivity index is 1.72. The first-order valence-electron chi connectivity index (χ1n) is 12.0. The lowest BCUT2D eigenvalue weighted by molar-refractivity contribution is 0.414. The number of anilines is 2. The molecule has 1 heterocycles. The van der Waals surface area contributed by atoms with Gasteiger partial charge in [-0.3, -0.25) is 9.80 Å². The number of nitrogens with zero attached hydrogens (tertiary/aromatic N) is 4. The van der Waals surface area contributed by atoms with Crippen LogP contribution in [0.2, 0.25) is 0 Å². The van der Waals surface area contributed by atoms with Gasteiger partial charge in [0.25, 0.3) is 0 Å². The van der Waals surface area contributed by atoms with E-state index in [2.05, 4.69) is 0 Å². The molecule has 196 valence electrons. The Morgan fingerprint density at radius 3 is 1.23 bits per heavy atom. The van der Waals surface area contributed by atoms with Crippen LogP contribution in [0.25, 0.3) is 0 Å². The van der Waals surface area contributed by atoms with E-state index < -0.39 is 0 Å². The maximum absolute atomic E-state index is 13.9. The lowest BCUT2D eigenvalue weighted by Gasteiger charge is -2.20. The quantitative estimate of drug-likeness (QED) is 0.237. The molecule has 5 rings (SSSR count). The zero-order chi connectivity index (χ0) is 27.4. The second kappa shape index (κ2) is 11.3. The summed E-state index contributed by atoms with van der Waals surface area (Å²) in [6.45, 7) is 0. The molecule has 0 N–H and O–H groups in total. The lowest BCUT2D eigenvalue weighted by atomic mass is 10.2. The van der Waals surface area contributed by atoms with E-state index in [1.54, 1.807) is 38.4 Å². The van der Waals surface area contributed by atoms with E-state index in [0.717, 1.165) is 5.69 Å². The summed E-state index contributed by atoms with van der Waals surface area (Å²) in [5.74, 6) is 2.76. The number of halogens is 1. The zero-order valence-corrected chi connectivity index (χ0v) is 22.4. The van der Waals surface area contributed by atoms with Crippen molar-refractivity contribution in [2.24, 2.45) is 9.98 Å². The van der Waals surface area contributed by atoms with Gasteiger partial charge in [-0.25, -0.2) is 14.4 Å². The van der Waals surface area contributed by atoms with Crippen LogP contribution in [0, 0.1) is 5.82 Å². The topological polar surface area (TPSA) is 58.9 Å². The SMILES string of the molecule is COc1ccc(N=C2C(=Nc3ccc(OC)cc3)N(c3ccc(OC)cc3)C(=S)N2c2ccc(F)cc2)cc1. The van der Waals surface area contributed by atoms with Gasteiger partial charge in [0.15, 0.2) is 16.8 Å². The van der Waals surface area contributed by atoms with Crippen molar-refractivity contribution in [3.63, 3.8) is 0 Å². The van der Waals surface area contributed by atoms with E-state index in [4.69, 9.17) is 36.4 Å². The molecule has 0 saturated carbocycles. The van der Waals surface area contributed by atoms with Crippen LogP contribution in [-0.2, 0) is 0 Å². The summed E-state index contributed by atoms with van der Waals surface area (Å²) >= 11 is 6.01. The molecule has 0 bridgehead atoms. The molecule has 0 spiro atoms. The second-order valence-electron chi connectivity index (χ2n) is 8.39.